The summed E-state index contributed by atoms with van der Waals surface area (Å²) in [6, 6.07) is -0.689. The Bertz CT molecular complexity index is 392. The van der Waals surface area contributed by atoms with Gasteiger partial charge in [0.15, 0.2) is 0 Å². The van der Waals surface area contributed by atoms with Crippen LogP contribution in [0, 0.1) is 5.92 Å². The lowest BCUT2D eigenvalue weighted by Gasteiger charge is -2.27. The van der Waals surface area contributed by atoms with Crippen LogP contribution in [0.25, 0.3) is 0 Å². The first-order chi connectivity index (χ1) is 8.65. The van der Waals surface area contributed by atoms with E-state index in [4.69, 9.17) is 27.4 Å². The van der Waals surface area contributed by atoms with E-state index < -0.39 is 23.7 Å². The average molecular weight is 288 g/mol. The maximum absolute atomic E-state index is 12.1. The Morgan fingerprint density at radius 3 is 2.37 bits per heavy atom. The van der Waals surface area contributed by atoms with Gasteiger partial charge in [-0.05, 0) is 27.2 Å². The Morgan fingerprint density at radius 2 is 1.95 bits per heavy atom. The largest absolute Gasteiger partial charge is 0.467 e. The predicted molar refractivity (Wildman–Crippen MR) is 73.6 cm³/mol. The molecule has 19 heavy (non-hydrogen) atoms. The lowest BCUT2D eigenvalue weighted by Crippen LogP contribution is -2.44. The molecule has 1 heterocycles. The third-order valence-corrected chi connectivity index (χ3v) is 3.14. The number of thiocarbonyl (C=S) groups is 1. The molecule has 2 N–H and O–H groups in total. The Hall–Kier alpha value is -1.37. The highest BCUT2D eigenvalue weighted by atomic mass is 32.1. The van der Waals surface area contributed by atoms with Crippen molar-refractivity contribution in [1.82, 2.24) is 4.90 Å². The molecule has 1 fully saturated rings. The first-order valence-electron chi connectivity index (χ1n) is 6.02. The minimum Gasteiger partial charge on any atom is -0.467 e. The number of carbonyl (C=O) groups excluding carboxylic acids is 2. The predicted octanol–water partition coefficient (Wildman–Crippen LogP) is 1.07. The van der Waals surface area contributed by atoms with Crippen molar-refractivity contribution in [3.05, 3.63) is 0 Å². The standard InChI is InChI=1S/C12H20N2O4S/c1-12(2,3)18-11(16)14-6-7(9(13)19)5-8(14)10(15)17-4/h7-8H,5-6H2,1-4H3,(H2,13,19)/t7-,8?/m1/s1. The van der Waals surface area contributed by atoms with Gasteiger partial charge < -0.3 is 15.2 Å². The highest BCUT2D eigenvalue weighted by molar-refractivity contribution is 7.80. The molecule has 1 amide bonds. The lowest BCUT2D eigenvalue weighted by atomic mass is 10.1. The summed E-state index contributed by atoms with van der Waals surface area (Å²) < 4.78 is 9.97. The van der Waals surface area contributed by atoms with Crippen LogP contribution < -0.4 is 5.73 Å². The van der Waals surface area contributed by atoms with Gasteiger partial charge in [-0.3, -0.25) is 4.90 Å². The van der Waals surface area contributed by atoms with Crippen molar-refractivity contribution in [3.8, 4) is 0 Å². The van der Waals surface area contributed by atoms with Crippen LogP contribution in [0.1, 0.15) is 27.2 Å². The smallest absolute Gasteiger partial charge is 0.411 e. The molecule has 0 spiro atoms. The van der Waals surface area contributed by atoms with Gasteiger partial charge >= 0.3 is 12.1 Å². The van der Waals surface area contributed by atoms with Crippen molar-refractivity contribution >= 4 is 29.3 Å². The van der Waals surface area contributed by atoms with Gasteiger partial charge in [-0.1, -0.05) is 12.2 Å². The minimum atomic E-state index is -0.689. The quantitative estimate of drug-likeness (QED) is 0.604. The zero-order valence-electron chi connectivity index (χ0n) is 11.6. The van der Waals surface area contributed by atoms with E-state index in [2.05, 4.69) is 0 Å². The van der Waals surface area contributed by atoms with Crippen LogP contribution in [-0.4, -0.2) is 47.2 Å². The molecule has 0 aromatic rings. The molecule has 0 aromatic heterocycles. The van der Waals surface area contributed by atoms with Crippen LogP contribution in [0.3, 0.4) is 0 Å². The summed E-state index contributed by atoms with van der Waals surface area (Å²) in [4.78, 5) is 25.4. The van der Waals surface area contributed by atoms with E-state index in [9.17, 15) is 9.59 Å². The zero-order chi connectivity index (χ0) is 14.8. The van der Waals surface area contributed by atoms with Crippen molar-refractivity contribution < 1.29 is 19.1 Å². The maximum Gasteiger partial charge on any atom is 0.411 e. The molecule has 0 aliphatic carbocycles. The molecule has 1 aliphatic rings. The number of likely N-dealkylation sites (tertiary alicyclic amines) is 1. The fraction of sp³-hybridized carbons (Fsp3) is 0.750. The first kappa shape index (κ1) is 15.7. The van der Waals surface area contributed by atoms with Crippen LogP contribution in [0.2, 0.25) is 0 Å². The van der Waals surface area contributed by atoms with Gasteiger partial charge in [-0.2, -0.15) is 0 Å². The third kappa shape index (κ3) is 4.05. The Kier molecular flexibility index (Phi) is 4.73. The summed E-state index contributed by atoms with van der Waals surface area (Å²) in [6.45, 7) is 5.57. The van der Waals surface area contributed by atoms with Gasteiger partial charge in [-0.25, -0.2) is 9.59 Å². The second kappa shape index (κ2) is 5.73. The number of methoxy groups -OCH3 is 1. The number of nitrogens with two attached hydrogens (primary N) is 1. The van der Waals surface area contributed by atoms with E-state index in [0.29, 0.717) is 11.4 Å². The highest BCUT2D eigenvalue weighted by Gasteiger charge is 2.42. The zero-order valence-corrected chi connectivity index (χ0v) is 12.5. The Labute approximate surface area is 118 Å². The SMILES string of the molecule is COC(=O)C1C[C@@H](C(N)=S)CN1C(=O)OC(C)(C)C. The number of amides is 1. The van der Waals surface area contributed by atoms with Crippen LogP contribution in [0.4, 0.5) is 4.79 Å². The molecule has 0 radical (unpaired) electrons. The van der Waals surface area contributed by atoms with Crippen LogP contribution in [-0.2, 0) is 14.3 Å². The second-order valence-electron chi connectivity index (χ2n) is 5.51. The topological polar surface area (TPSA) is 81.9 Å². The van der Waals surface area contributed by atoms with Crippen molar-refractivity contribution in [1.29, 1.82) is 0 Å². The van der Waals surface area contributed by atoms with E-state index in [1.54, 1.807) is 20.8 Å². The van der Waals surface area contributed by atoms with Crippen molar-refractivity contribution in [2.45, 2.75) is 38.8 Å². The van der Waals surface area contributed by atoms with Gasteiger partial charge in [0.05, 0.1) is 12.1 Å². The third-order valence-electron chi connectivity index (χ3n) is 2.80. The molecule has 6 nitrogen and oxygen atoms in total. The van der Waals surface area contributed by atoms with Gasteiger partial charge in [0.2, 0.25) is 0 Å². The fourth-order valence-corrected chi connectivity index (χ4v) is 2.09. The maximum atomic E-state index is 12.1. The van der Waals surface area contributed by atoms with E-state index in [1.165, 1.54) is 12.0 Å². The molecule has 0 aromatic carbocycles. The molecule has 108 valence electrons. The summed E-state index contributed by atoms with van der Waals surface area (Å²) in [7, 11) is 1.28. The molecule has 1 saturated heterocycles. The summed E-state index contributed by atoms with van der Waals surface area (Å²) in [5.41, 5.74) is 4.97. The molecule has 0 saturated carbocycles. The van der Waals surface area contributed by atoms with Crippen molar-refractivity contribution in [2.24, 2.45) is 11.7 Å². The molecule has 1 rings (SSSR count). The minimum absolute atomic E-state index is 0.188. The number of esters is 1. The number of ether oxygens (including phenoxy) is 2. The summed E-state index contributed by atoms with van der Waals surface area (Å²) in [6.07, 6.45) is -0.178. The number of carbonyl (C=O) groups is 2. The first-order valence-corrected chi connectivity index (χ1v) is 6.43. The van der Waals surface area contributed by atoms with E-state index in [-0.39, 0.29) is 12.5 Å². The molecular formula is C12H20N2O4S. The molecule has 2 atom stereocenters. The number of rotatable bonds is 2. The van der Waals surface area contributed by atoms with Crippen molar-refractivity contribution in [2.75, 3.05) is 13.7 Å². The Balaban J connectivity index is 2.85. The molecular weight excluding hydrogens is 268 g/mol. The van der Waals surface area contributed by atoms with Crippen LogP contribution >= 0.6 is 12.2 Å². The summed E-state index contributed by atoms with van der Waals surface area (Å²) >= 11 is 4.93. The van der Waals surface area contributed by atoms with E-state index in [1.807, 2.05) is 0 Å². The highest BCUT2D eigenvalue weighted by Crippen LogP contribution is 2.26. The molecule has 0 bridgehead atoms. The average Bonchev–Trinajstić information content (AvgIpc) is 2.70. The van der Waals surface area contributed by atoms with Gasteiger partial charge in [0, 0.05) is 12.5 Å². The number of nitrogens with zero attached hydrogens (tertiary/aromatic N) is 1. The summed E-state index contributed by atoms with van der Waals surface area (Å²) in [5.74, 6) is -0.670. The molecule has 7 heteroatoms. The number of hydrogen-bond acceptors (Lipinski definition) is 5. The normalized spacial score (nSPS) is 23.1. The molecule has 1 unspecified atom stereocenters. The Morgan fingerprint density at radius 1 is 1.37 bits per heavy atom. The van der Waals surface area contributed by atoms with Gasteiger partial charge in [-0.15, -0.1) is 0 Å². The van der Waals surface area contributed by atoms with E-state index in [0.717, 1.165) is 0 Å². The lowest BCUT2D eigenvalue weighted by molar-refractivity contribution is -0.145. The number of hydrogen-bond donors (Lipinski definition) is 1. The van der Waals surface area contributed by atoms with Crippen molar-refractivity contribution in [3.63, 3.8) is 0 Å². The van der Waals surface area contributed by atoms with Gasteiger partial charge in [0.25, 0.3) is 0 Å². The monoisotopic (exact) mass is 288 g/mol. The molecule has 1 aliphatic heterocycles. The van der Waals surface area contributed by atoms with E-state index >= 15 is 0 Å². The fourth-order valence-electron chi connectivity index (χ4n) is 1.92. The van der Waals surface area contributed by atoms with Crippen LogP contribution in [0.5, 0.6) is 0 Å². The second-order valence-corrected chi connectivity index (χ2v) is 5.98. The van der Waals surface area contributed by atoms with Gasteiger partial charge in [0.1, 0.15) is 11.6 Å². The van der Waals surface area contributed by atoms with Crippen LogP contribution in [0.15, 0.2) is 0 Å². The summed E-state index contributed by atoms with van der Waals surface area (Å²) in [5, 5.41) is 0.